The predicted molar refractivity (Wildman–Crippen MR) is 89.5 cm³/mol. The maximum atomic E-state index is 9.20. The first-order valence-corrected chi connectivity index (χ1v) is 8.74. The first-order valence-electron chi connectivity index (χ1n) is 8.74. The topological polar surface area (TPSA) is 32.3 Å². The van der Waals surface area contributed by atoms with E-state index in [1.807, 2.05) is 0 Å². The van der Waals surface area contributed by atoms with Crippen LogP contribution in [-0.2, 0) is 0 Å². The van der Waals surface area contributed by atoms with Crippen LogP contribution in [0, 0.1) is 5.92 Å². The first-order chi connectivity index (χ1) is 10.3. The molecule has 1 aromatic carbocycles. The average Bonchev–Trinajstić information content (AvgIpc) is 2.54. The van der Waals surface area contributed by atoms with E-state index < -0.39 is 0 Å². The van der Waals surface area contributed by atoms with E-state index in [9.17, 15) is 5.11 Å². The average molecular weight is 289 g/mol. The van der Waals surface area contributed by atoms with E-state index in [-0.39, 0.29) is 0 Å². The zero-order valence-electron chi connectivity index (χ0n) is 13.4. The van der Waals surface area contributed by atoms with Crippen LogP contribution in [0.4, 0.5) is 0 Å². The zero-order chi connectivity index (χ0) is 14.9. The Morgan fingerprint density at radius 3 is 2.62 bits per heavy atom. The van der Waals surface area contributed by atoms with Gasteiger partial charge in [-0.1, -0.05) is 56.5 Å². The number of benzene rings is 1. The van der Waals surface area contributed by atoms with Crippen molar-refractivity contribution in [2.24, 2.45) is 5.92 Å². The van der Waals surface area contributed by atoms with E-state index in [4.69, 9.17) is 0 Å². The maximum Gasteiger partial charge on any atom is 0.0434 e. The molecule has 0 amide bonds. The van der Waals surface area contributed by atoms with Crippen LogP contribution in [0.2, 0.25) is 0 Å². The number of hydrogen-bond acceptors (Lipinski definition) is 2. The van der Waals surface area contributed by atoms with Crippen molar-refractivity contribution in [1.29, 1.82) is 0 Å². The summed E-state index contributed by atoms with van der Waals surface area (Å²) in [5.41, 5.74) is 1.49. The third-order valence-electron chi connectivity index (χ3n) is 4.90. The summed E-state index contributed by atoms with van der Waals surface area (Å²) in [6.07, 6.45) is 8.66. The molecule has 0 aromatic heterocycles. The lowest BCUT2D eigenvalue weighted by Gasteiger charge is -2.34. The van der Waals surface area contributed by atoms with Gasteiger partial charge in [0.2, 0.25) is 0 Å². The fourth-order valence-corrected chi connectivity index (χ4v) is 3.73. The fourth-order valence-electron chi connectivity index (χ4n) is 3.73. The summed E-state index contributed by atoms with van der Waals surface area (Å²) in [5.74, 6) is 1.29. The number of hydrogen-bond donors (Lipinski definition) is 2. The molecule has 0 bridgehead atoms. The third kappa shape index (κ3) is 5.12. The normalized spacial score (nSPS) is 23.9. The minimum atomic E-state index is 0.319. The Morgan fingerprint density at radius 1 is 1.14 bits per heavy atom. The molecule has 0 spiro atoms. The highest BCUT2D eigenvalue weighted by Gasteiger charge is 2.26. The largest absolute Gasteiger partial charge is 0.396 e. The maximum absolute atomic E-state index is 9.20. The van der Waals surface area contributed by atoms with Gasteiger partial charge in [0.05, 0.1) is 0 Å². The van der Waals surface area contributed by atoms with E-state index in [2.05, 4.69) is 42.6 Å². The van der Waals surface area contributed by atoms with Crippen LogP contribution in [-0.4, -0.2) is 24.3 Å². The van der Waals surface area contributed by atoms with E-state index in [0.717, 1.165) is 13.0 Å². The van der Waals surface area contributed by atoms with Gasteiger partial charge in [-0.25, -0.2) is 0 Å². The summed E-state index contributed by atoms with van der Waals surface area (Å²) in [5, 5.41) is 13.0. The molecule has 1 saturated carbocycles. The Hall–Kier alpha value is -0.860. The van der Waals surface area contributed by atoms with Gasteiger partial charge in [0.15, 0.2) is 0 Å². The van der Waals surface area contributed by atoms with E-state index in [0.29, 0.717) is 24.5 Å². The highest BCUT2D eigenvalue weighted by Crippen LogP contribution is 2.33. The molecule has 118 valence electrons. The first kappa shape index (κ1) is 16.5. The van der Waals surface area contributed by atoms with Crippen molar-refractivity contribution in [2.45, 2.75) is 63.8 Å². The van der Waals surface area contributed by atoms with Gasteiger partial charge in [-0.2, -0.15) is 0 Å². The number of nitrogens with one attached hydrogen (secondary N) is 1. The van der Waals surface area contributed by atoms with Gasteiger partial charge in [0.25, 0.3) is 0 Å². The van der Waals surface area contributed by atoms with Crippen molar-refractivity contribution in [1.82, 2.24) is 5.32 Å². The molecule has 2 nitrogen and oxygen atoms in total. The van der Waals surface area contributed by atoms with E-state index in [1.165, 1.54) is 44.1 Å². The van der Waals surface area contributed by atoms with Gasteiger partial charge in [0.1, 0.15) is 0 Å². The fraction of sp³-hybridized carbons (Fsp3) is 0.684. The molecule has 1 fully saturated rings. The van der Waals surface area contributed by atoms with Crippen molar-refractivity contribution in [3.05, 3.63) is 35.9 Å². The molecule has 3 atom stereocenters. The van der Waals surface area contributed by atoms with Crippen molar-refractivity contribution in [2.75, 3.05) is 13.2 Å². The van der Waals surface area contributed by atoms with Crippen molar-refractivity contribution in [3.8, 4) is 0 Å². The minimum absolute atomic E-state index is 0.319. The Balaban J connectivity index is 1.92. The van der Waals surface area contributed by atoms with Crippen molar-refractivity contribution < 1.29 is 5.11 Å². The van der Waals surface area contributed by atoms with Crippen LogP contribution in [0.1, 0.15) is 63.4 Å². The van der Waals surface area contributed by atoms with Crippen LogP contribution in [0.3, 0.4) is 0 Å². The second kappa shape index (κ2) is 9.22. The highest BCUT2D eigenvalue weighted by atomic mass is 16.3. The molecular weight excluding hydrogens is 258 g/mol. The van der Waals surface area contributed by atoms with Crippen molar-refractivity contribution in [3.63, 3.8) is 0 Å². The molecule has 2 heteroatoms. The molecule has 21 heavy (non-hydrogen) atoms. The van der Waals surface area contributed by atoms with Gasteiger partial charge in [-0.05, 0) is 49.6 Å². The molecule has 2 rings (SSSR count). The Bertz CT molecular complexity index is 372. The minimum Gasteiger partial charge on any atom is -0.396 e. The lowest BCUT2D eigenvalue weighted by Crippen LogP contribution is -2.40. The summed E-state index contributed by atoms with van der Waals surface area (Å²) < 4.78 is 0. The summed E-state index contributed by atoms with van der Waals surface area (Å²) in [6, 6.07) is 11.6. The predicted octanol–water partition coefficient (Wildman–Crippen LogP) is 4.10. The van der Waals surface area contributed by atoms with Gasteiger partial charge < -0.3 is 10.4 Å². The molecular formula is C19H31NO. The van der Waals surface area contributed by atoms with Crippen LogP contribution >= 0.6 is 0 Å². The SMILES string of the molecule is CCCC(CCO)CNC1CCCCC1c1ccccc1. The van der Waals surface area contributed by atoms with Gasteiger partial charge >= 0.3 is 0 Å². The van der Waals surface area contributed by atoms with Gasteiger partial charge in [-0.15, -0.1) is 0 Å². The molecule has 3 unspecified atom stereocenters. The van der Waals surface area contributed by atoms with Gasteiger partial charge in [-0.3, -0.25) is 0 Å². The quantitative estimate of drug-likeness (QED) is 0.755. The van der Waals surface area contributed by atoms with Crippen LogP contribution in [0.5, 0.6) is 0 Å². The van der Waals surface area contributed by atoms with Crippen LogP contribution in [0.15, 0.2) is 30.3 Å². The lowest BCUT2D eigenvalue weighted by atomic mass is 9.79. The van der Waals surface area contributed by atoms with E-state index in [1.54, 1.807) is 0 Å². The number of aliphatic hydroxyl groups excluding tert-OH is 1. The standard InChI is InChI=1S/C19H31NO/c1-2-8-16(13-14-21)15-20-19-12-7-6-11-18(19)17-9-4-3-5-10-17/h3-5,9-10,16,18-21H,2,6-8,11-15H2,1H3. The smallest absolute Gasteiger partial charge is 0.0434 e. The summed E-state index contributed by atoms with van der Waals surface area (Å²) in [4.78, 5) is 0. The molecule has 1 aliphatic carbocycles. The lowest BCUT2D eigenvalue weighted by molar-refractivity contribution is 0.236. The summed E-state index contributed by atoms with van der Waals surface area (Å²) in [6.45, 7) is 3.61. The van der Waals surface area contributed by atoms with Crippen LogP contribution in [0.25, 0.3) is 0 Å². The molecule has 0 radical (unpaired) electrons. The summed E-state index contributed by atoms with van der Waals surface area (Å²) in [7, 11) is 0. The second-order valence-corrected chi connectivity index (χ2v) is 6.48. The molecule has 1 aromatic rings. The molecule has 2 N–H and O–H groups in total. The van der Waals surface area contributed by atoms with Crippen molar-refractivity contribution >= 4 is 0 Å². The number of rotatable bonds is 8. The third-order valence-corrected chi connectivity index (χ3v) is 4.90. The Labute approximate surface area is 130 Å². The summed E-state index contributed by atoms with van der Waals surface area (Å²) >= 11 is 0. The zero-order valence-corrected chi connectivity index (χ0v) is 13.4. The monoisotopic (exact) mass is 289 g/mol. The van der Waals surface area contributed by atoms with Gasteiger partial charge in [0, 0.05) is 12.6 Å². The second-order valence-electron chi connectivity index (χ2n) is 6.48. The molecule has 0 saturated heterocycles. The number of aliphatic hydroxyl groups is 1. The Morgan fingerprint density at radius 2 is 1.90 bits per heavy atom. The molecule has 1 aliphatic rings. The van der Waals surface area contributed by atoms with E-state index >= 15 is 0 Å². The Kier molecular flexibility index (Phi) is 7.25. The molecule has 0 heterocycles. The highest BCUT2D eigenvalue weighted by molar-refractivity contribution is 5.22. The molecule has 0 aliphatic heterocycles. The van der Waals surface area contributed by atoms with Crippen LogP contribution < -0.4 is 5.32 Å².